The van der Waals surface area contributed by atoms with Crippen LogP contribution in [0.3, 0.4) is 0 Å². The van der Waals surface area contributed by atoms with Gasteiger partial charge in [-0.3, -0.25) is 19.2 Å². The van der Waals surface area contributed by atoms with Crippen LogP contribution in [0.15, 0.2) is 22.7 Å². The number of esters is 1. The molecule has 0 aromatic carbocycles. The number of nitrogens with one attached hydrogen (secondary N) is 1. The molecule has 10 nitrogen and oxygen atoms in total. The number of ether oxygens (including phenoxy) is 2. The van der Waals surface area contributed by atoms with Crippen molar-refractivity contribution in [2.24, 2.45) is 11.8 Å². The lowest BCUT2D eigenvalue weighted by Crippen LogP contribution is -2.60. The molecule has 1 aliphatic carbocycles. The average Bonchev–Trinajstić information content (AvgIpc) is 3.53. The molecule has 1 saturated carbocycles. The standard InChI is InChI=1S/C29H40BrN3O7/c1-3-18(16-34)33-25-27(37)32(19-10-6-4-7-11-19)13-9-5-8-12-21(35)31-15-17(2)39-28(38)22-23(26(33)36)29(25)14-20(30)24(22)40-29/h5,9,14,17-19,22-25,34H,3-4,6-8,10-13,15-16H2,1-2H3,(H,31,35)/b9-5-/t17-,18+,22+,23-,24+,25+,29-/m1/s1. The first kappa shape index (κ1) is 29.3. The summed E-state index contributed by atoms with van der Waals surface area (Å²) in [6, 6.07) is -1.62. The third-order valence-corrected chi connectivity index (χ3v) is 9.83. The van der Waals surface area contributed by atoms with Gasteiger partial charge in [0.2, 0.25) is 17.7 Å². The Kier molecular flexibility index (Phi) is 8.73. The number of carbonyl (C=O) groups excluding carboxylic acids is 4. The topological polar surface area (TPSA) is 125 Å². The van der Waals surface area contributed by atoms with Crippen molar-refractivity contribution in [2.75, 3.05) is 19.7 Å². The molecule has 3 amide bonds. The summed E-state index contributed by atoms with van der Waals surface area (Å²) in [6.07, 6.45) is 10.4. The smallest absolute Gasteiger partial charge is 0.313 e. The lowest BCUT2D eigenvalue weighted by Gasteiger charge is -2.41. The summed E-state index contributed by atoms with van der Waals surface area (Å²) in [5.74, 6) is -3.27. The molecule has 1 spiro atoms. The Morgan fingerprint density at radius 1 is 1.15 bits per heavy atom. The molecule has 0 unspecified atom stereocenters. The molecule has 2 saturated heterocycles. The second kappa shape index (κ2) is 11.9. The molecule has 3 fully saturated rings. The Balaban J connectivity index is 1.60. The Hall–Kier alpha value is -2.24. The van der Waals surface area contributed by atoms with E-state index in [9.17, 15) is 24.3 Å². The number of hydrogen-bond acceptors (Lipinski definition) is 7. The first-order valence-corrected chi connectivity index (χ1v) is 15.4. The lowest BCUT2D eigenvalue weighted by atomic mass is 9.74. The van der Waals surface area contributed by atoms with Crippen molar-refractivity contribution in [3.8, 4) is 0 Å². The van der Waals surface area contributed by atoms with E-state index in [1.54, 1.807) is 13.0 Å². The minimum atomic E-state index is -1.36. The van der Waals surface area contributed by atoms with Crippen molar-refractivity contribution in [2.45, 2.75) is 101 Å². The summed E-state index contributed by atoms with van der Waals surface area (Å²) >= 11 is 3.56. The van der Waals surface area contributed by atoms with Crippen molar-refractivity contribution in [1.82, 2.24) is 15.1 Å². The van der Waals surface area contributed by atoms with E-state index in [4.69, 9.17) is 9.47 Å². The molecule has 11 heteroatoms. The van der Waals surface area contributed by atoms with Gasteiger partial charge in [-0.2, -0.15) is 0 Å². The zero-order valence-corrected chi connectivity index (χ0v) is 24.8. The van der Waals surface area contributed by atoms with Gasteiger partial charge in [-0.1, -0.05) is 54.3 Å². The maximum absolute atomic E-state index is 14.7. The number of amides is 3. The third kappa shape index (κ3) is 5.02. The summed E-state index contributed by atoms with van der Waals surface area (Å²) in [5.41, 5.74) is -1.36. The molecular formula is C29H40BrN3O7. The molecule has 0 aromatic heterocycles. The highest BCUT2D eigenvalue weighted by molar-refractivity contribution is 9.11. The van der Waals surface area contributed by atoms with E-state index < -0.39 is 47.7 Å². The van der Waals surface area contributed by atoms with Crippen molar-refractivity contribution in [3.05, 3.63) is 22.7 Å². The molecule has 5 bridgehead atoms. The molecule has 2 N–H and O–H groups in total. The van der Waals surface area contributed by atoms with E-state index in [2.05, 4.69) is 21.2 Å². The first-order valence-electron chi connectivity index (χ1n) is 14.6. The van der Waals surface area contributed by atoms with Crippen LogP contribution in [0.4, 0.5) is 0 Å². The highest BCUT2D eigenvalue weighted by Crippen LogP contribution is 2.59. The molecule has 5 rings (SSSR count). The van der Waals surface area contributed by atoms with Crippen LogP contribution in [0.5, 0.6) is 0 Å². The SMILES string of the molecule is CC[C@@H](CO)N1C(=O)[C@H]2[C@@H]3C(=O)O[C@H](C)CNC(=O)CC/C=C\CN(C4CCCCC4)C(=O)[C@H]1[C@@]21C=C(Br)[C@@H]3O1. The Bertz CT molecular complexity index is 1090. The molecule has 220 valence electrons. The van der Waals surface area contributed by atoms with Crippen LogP contribution >= 0.6 is 15.9 Å². The normalized spacial score (nSPS) is 37.2. The number of rotatable bonds is 4. The number of nitrogens with zero attached hydrogens (tertiary/aromatic N) is 2. The lowest BCUT2D eigenvalue weighted by molar-refractivity contribution is -0.159. The Morgan fingerprint density at radius 2 is 1.90 bits per heavy atom. The maximum Gasteiger partial charge on any atom is 0.313 e. The molecular weight excluding hydrogens is 582 g/mol. The molecule has 0 radical (unpaired) electrons. The second-order valence-electron chi connectivity index (χ2n) is 11.7. The number of cyclic esters (lactones) is 1. The van der Waals surface area contributed by atoms with Crippen molar-refractivity contribution in [3.63, 3.8) is 0 Å². The van der Waals surface area contributed by atoms with Gasteiger partial charge in [0.05, 0.1) is 25.1 Å². The number of allylic oxidation sites excluding steroid dienone is 1. The molecule has 5 aliphatic rings. The molecule has 7 atom stereocenters. The van der Waals surface area contributed by atoms with E-state index >= 15 is 0 Å². The van der Waals surface area contributed by atoms with Crippen LogP contribution in [0.25, 0.3) is 0 Å². The largest absolute Gasteiger partial charge is 0.460 e. The van der Waals surface area contributed by atoms with Crippen LogP contribution in [0.2, 0.25) is 0 Å². The summed E-state index contributed by atoms with van der Waals surface area (Å²) in [7, 11) is 0. The van der Waals surface area contributed by atoms with Crippen LogP contribution in [0.1, 0.15) is 65.2 Å². The molecule has 40 heavy (non-hydrogen) atoms. The number of carbonyl (C=O) groups is 4. The number of aliphatic hydroxyl groups excluding tert-OH is 1. The van der Waals surface area contributed by atoms with Crippen LogP contribution < -0.4 is 5.32 Å². The molecule has 4 heterocycles. The first-order chi connectivity index (χ1) is 19.2. The number of aliphatic hydroxyl groups is 1. The highest BCUT2D eigenvalue weighted by Gasteiger charge is 2.75. The van der Waals surface area contributed by atoms with Gasteiger partial charge < -0.3 is 29.7 Å². The van der Waals surface area contributed by atoms with Crippen molar-refractivity contribution < 1.29 is 33.8 Å². The van der Waals surface area contributed by atoms with Crippen LogP contribution in [-0.4, -0.2) is 94.2 Å². The van der Waals surface area contributed by atoms with Crippen molar-refractivity contribution >= 4 is 39.6 Å². The monoisotopic (exact) mass is 621 g/mol. The van der Waals surface area contributed by atoms with E-state index in [0.29, 0.717) is 23.9 Å². The van der Waals surface area contributed by atoms with Crippen LogP contribution in [0, 0.1) is 11.8 Å². The van der Waals surface area contributed by atoms with E-state index in [1.165, 1.54) is 4.90 Å². The number of hydrogen-bond donors (Lipinski definition) is 2. The molecule has 4 aliphatic heterocycles. The fourth-order valence-corrected chi connectivity index (χ4v) is 7.90. The number of likely N-dealkylation sites (tertiary alicyclic amines) is 1. The van der Waals surface area contributed by atoms with E-state index in [0.717, 1.165) is 32.1 Å². The fraction of sp³-hybridized carbons (Fsp3) is 0.724. The second-order valence-corrected chi connectivity index (χ2v) is 12.6. The predicted molar refractivity (Wildman–Crippen MR) is 149 cm³/mol. The third-order valence-electron chi connectivity index (χ3n) is 9.15. The molecule has 0 aromatic rings. The van der Waals surface area contributed by atoms with Gasteiger partial charge in [-0.15, -0.1) is 0 Å². The van der Waals surface area contributed by atoms with Gasteiger partial charge in [0, 0.05) is 23.5 Å². The van der Waals surface area contributed by atoms with Gasteiger partial charge in [-0.25, -0.2) is 0 Å². The quantitative estimate of drug-likeness (QED) is 0.364. The number of fused-ring (bicyclic) bond motifs is 2. The zero-order chi connectivity index (χ0) is 28.6. The van der Waals surface area contributed by atoms with E-state index in [-0.39, 0.29) is 43.3 Å². The summed E-state index contributed by atoms with van der Waals surface area (Å²) in [4.78, 5) is 58.2. The summed E-state index contributed by atoms with van der Waals surface area (Å²) in [6.45, 7) is 3.75. The minimum Gasteiger partial charge on any atom is -0.460 e. The van der Waals surface area contributed by atoms with E-state index in [1.807, 2.05) is 24.0 Å². The average molecular weight is 623 g/mol. The summed E-state index contributed by atoms with van der Waals surface area (Å²) in [5, 5.41) is 13.1. The predicted octanol–water partition coefficient (Wildman–Crippen LogP) is 2.19. The van der Waals surface area contributed by atoms with Gasteiger partial charge in [0.15, 0.2) is 0 Å². The van der Waals surface area contributed by atoms with Gasteiger partial charge in [-0.05, 0) is 38.7 Å². The van der Waals surface area contributed by atoms with Gasteiger partial charge in [0.25, 0.3) is 0 Å². The minimum absolute atomic E-state index is 0.00511. The van der Waals surface area contributed by atoms with Crippen LogP contribution in [-0.2, 0) is 28.7 Å². The number of halogens is 1. The fourth-order valence-electron chi connectivity index (χ4n) is 7.17. The summed E-state index contributed by atoms with van der Waals surface area (Å²) < 4.78 is 12.9. The van der Waals surface area contributed by atoms with Gasteiger partial charge in [0.1, 0.15) is 29.8 Å². The zero-order valence-electron chi connectivity index (χ0n) is 23.2. The van der Waals surface area contributed by atoms with Crippen molar-refractivity contribution in [1.29, 1.82) is 0 Å². The Morgan fingerprint density at radius 3 is 2.60 bits per heavy atom. The maximum atomic E-state index is 14.7. The highest BCUT2D eigenvalue weighted by atomic mass is 79.9. The van der Waals surface area contributed by atoms with Gasteiger partial charge >= 0.3 is 5.97 Å². The Labute approximate surface area is 243 Å².